The standard InChI is InChI=1S/C29H29FN6O3S/c1-29(2,20-6-3-7-21(30)16-20)27(37)34-22-12-10-19(11-13-22)25-18-32-28-35-23-8-4-9-24(17-23)40(38,39)33-15-5-14-31-26(25)36-28/h3-4,6-13,16-18,33H,5,14-15H2,1-2H3,(H,34,37)(H2,31,32,35,36). The summed E-state index contributed by atoms with van der Waals surface area (Å²) in [5.41, 5.74) is 2.35. The summed E-state index contributed by atoms with van der Waals surface area (Å²) in [5, 5.41) is 9.28. The van der Waals surface area contributed by atoms with Crippen molar-refractivity contribution < 1.29 is 17.6 Å². The Balaban J connectivity index is 1.37. The Morgan fingerprint density at radius 2 is 1.77 bits per heavy atom. The van der Waals surface area contributed by atoms with E-state index in [2.05, 4.69) is 30.6 Å². The fourth-order valence-corrected chi connectivity index (χ4v) is 5.39. The van der Waals surface area contributed by atoms with E-state index in [4.69, 9.17) is 0 Å². The molecule has 0 fully saturated rings. The van der Waals surface area contributed by atoms with Gasteiger partial charge in [0.2, 0.25) is 21.9 Å². The SMILES string of the molecule is CC(C)(C(=O)Nc1ccc(-c2cnc3nc2NCCCNS(=O)(=O)c2cccc(c2)N3)cc1)c1cccc(F)c1. The van der Waals surface area contributed by atoms with Crippen LogP contribution in [0.1, 0.15) is 25.8 Å². The number of nitrogens with zero attached hydrogens (tertiary/aromatic N) is 2. The number of hydrogen-bond donors (Lipinski definition) is 4. The van der Waals surface area contributed by atoms with Crippen LogP contribution in [0.4, 0.5) is 27.5 Å². The van der Waals surface area contributed by atoms with Crippen molar-refractivity contribution >= 4 is 39.1 Å². The average Bonchev–Trinajstić information content (AvgIpc) is 2.93. The lowest BCUT2D eigenvalue weighted by molar-refractivity contribution is -0.120. The number of aromatic nitrogens is 2. The molecular weight excluding hydrogens is 531 g/mol. The second-order valence-electron chi connectivity index (χ2n) is 9.95. The van der Waals surface area contributed by atoms with Crippen LogP contribution in [0.2, 0.25) is 0 Å². The zero-order chi connectivity index (χ0) is 28.3. The maximum Gasteiger partial charge on any atom is 0.240 e. The van der Waals surface area contributed by atoms with Crippen LogP contribution in [0.5, 0.6) is 0 Å². The van der Waals surface area contributed by atoms with Gasteiger partial charge >= 0.3 is 0 Å². The number of halogens is 1. The maximum absolute atomic E-state index is 13.7. The van der Waals surface area contributed by atoms with E-state index in [9.17, 15) is 17.6 Å². The van der Waals surface area contributed by atoms with Gasteiger partial charge in [-0.15, -0.1) is 0 Å². The summed E-state index contributed by atoms with van der Waals surface area (Å²) in [6, 6.07) is 19.8. The fourth-order valence-electron chi connectivity index (χ4n) is 4.27. The van der Waals surface area contributed by atoms with Gasteiger partial charge in [-0.25, -0.2) is 22.5 Å². The Kier molecular flexibility index (Phi) is 7.51. The Labute approximate surface area is 232 Å². The summed E-state index contributed by atoms with van der Waals surface area (Å²) in [7, 11) is -3.63. The van der Waals surface area contributed by atoms with Crippen LogP contribution in [0.25, 0.3) is 11.1 Å². The van der Waals surface area contributed by atoms with Gasteiger partial charge in [0, 0.05) is 36.2 Å². The van der Waals surface area contributed by atoms with Crippen LogP contribution < -0.4 is 20.7 Å². The molecule has 3 aromatic carbocycles. The number of rotatable bonds is 4. The highest BCUT2D eigenvalue weighted by Crippen LogP contribution is 2.30. The molecule has 1 aromatic heterocycles. The van der Waals surface area contributed by atoms with Gasteiger partial charge in [-0.3, -0.25) is 4.79 Å². The zero-order valence-corrected chi connectivity index (χ0v) is 22.8. The summed E-state index contributed by atoms with van der Waals surface area (Å²) in [4.78, 5) is 22.3. The summed E-state index contributed by atoms with van der Waals surface area (Å²) in [5.74, 6) is 0.249. The molecule has 9 nitrogen and oxygen atoms in total. The molecule has 40 heavy (non-hydrogen) atoms. The molecule has 5 rings (SSSR count). The third-order valence-corrected chi connectivity index (χ3v) is 8.15. The first-order valence-electron chi connectivity index (χ1n) is 12.8. The zero-order valence-electron chi connectivity index (χ0n) is 22.0. The van der Waals surface area contributed by atoms with Gasteiger partial charge in [-0.05, 0) is 73.9 Å². The molecule has 4 bridgehead atoms. The van der Waals surface area contributed by atoms with E-state index in [-0.39, 0.29) is 17.3 Å². The van der Waals surface area contributed by atoms with Crippen LogP contribution in [-0.4, -0.2) is 37.4 Å². The second kappa shape index (κ2) is 11.0. The largest absolute Gasteiger partial charge is 0.369 e. The van der Waals surface area contributed by atoms with Crippen LogP contribution in [0.15, 0.2) is 83.9 Å². The highest BCUT2D eigenvalue weighted by Gasteiger charge is 2.30. The lowest BCUT2D eigenvalue weighted by Crippen LogP contribution is -2.34. The van der Waals surface area contributed by atoms with Crippen LogP contribution in [0, 0.1) is 5.82 Å². The van der Waals surface area contributed by atoms with Crippen molar-refractivity contribution in [2.75, 3.05) is 29.0 Å². The minimum atomic E-state index is -3.63. The van der Waals surface area contributed by atoms with Gasteiger partial charge in [-0.1, -0.05) is 30.3 Å². The van der Waals surface area contributed by atoms with Crippen molar-refractivity contribution in [2.45, 2.75) is 30.6 Å². The maximum atomic E-state index is 13.7. The molecule has 11 heteroatoms. The third kappa shape index (κ3) is 5.95. The van der Waals surface area contributed by atoms with E-state index >= 15 is 0 Å². The number of carbonyl (C=O) groups is 1. The van der Waals surface area contributed by atoms with E-state index in [0.717, 1.165) is 11.1 Å². The first-order chi connectivity index (χ1) is 19.1. The predicted octanol–water partition coefficient (Wildman–Crippen LogP) is 5.04. The Hall–Kier alpha value is -4.35. The molecule has 0 unspecified atom stereocenters. The highest BCUT2D eigenvalue weighted by atomic mass is 32.2. The molecule has 0 saturated heterocycles. The molecule has 4 N–H and O–H groups in total. The van der Waals surface area contributed by atoms with Gasteiger partial charge in [0.05, 0.1) is 10.3 Å². The summed E-state index contributed by atoms with van der Waals surface area (Å²) in [6.45, 7) is 4.24. The van der Waals surface area contributed by atoms with Gasteiger partial charge in [0.25, 0.3) is 0 Å². The van der Waals surface area contributed by atoms with Crippen molar-refractivity contribution in [3.63, 3.8) is 0 Å². The number of anilines is 4. The van der Waals surface area contributed by atoms with Crippen LogP contribution >= 0.6 is 0 Å². The minimum absolute atomic E-state index is 0.160. The topological polar surface area (TPSA) is 125 Å². The van der Waals surface area contributed by atoms with E-state index in [1.807, 2.05) is 12.1 Å². The van der Waals surface area contributed by atoms with E-state index in [1.165, 1.54) is 24.3 Å². The summed E-state index contributed by atoms with van der Waals surface area (Å²) >= 11 is 0. The average molecular weight is 561 g/mol. The van der Waals surface area contributed by atoms with Gasteiger partial charge in [0.15, 0.2) is 0 Å². The van der Waals surface area contributed by atoms with Gasteiger partial charge in [-0.2, -0.15) is 4.98 Å². The van der Waals surface area contributed by atoms with Crippen molar-refractivity contribution in [3.05, 3.63) is 90.4 Å². The number of fused-ring (bicyclic) bond motifs is 4. The number of sulfonamides is 1. The normalized spacial score (nSPS) is 14.9. The molecule has 0 aliphatic carbocycles. The smallest absolute Gasteiger partial charge is 0.240 e. The molecule has 4 aromatic rings. The van der Waals surface area contributed by atoms with Gasteiger partial charge < -0.3 is 16.0 Å². The lowest BCUT2D eigenvalue weighted by Gasteiger charge is -2.24. The molecule has 0 radical (unpaired) electrons. The summed E-state index contributed by atoms with van der Waals surface area (Å²) in [6.07, 6.45) is 2.23. The van der Waals surface area contributed by atoms with Crippen LogP contribution in [-0.2, 0) is 20.2 Å². The molecule has 0 atom stereocenters. The second-order valence-corrected chi connectivity index (χ2v) is 11.7. The van der Waals surface area contributed by atoms with Crippen LogP contribution in [0.3, 0.4) is 0 Å². The number of benzene rings is 3. The first kappa shape index (κ1) is 27.2. The Morgan fingerprint density at radius 3 is 2.55 bits per heavy atom. The highest BCUT2D eigenvalue weighted by molar-refractivity contribution is 7.89. The van der Waals surface area contributed by atoms with Crippen molar-refractivity contribution in [2.24, 2.45) is 0 Å². The van der Waals surface area contributed by atoms with Crippen molar-refractivity contribution in [1.29, 1.82) is 0 Å². The fraction of sp³-hybridized carbons (Fsp3) is 0.207. The van der Waals surface area contributed by atoms with E-state index in [0.29, 0.717) is 41.7 Å². The molecule has 1 amide bonds. The van der Waals surface area contributed by atoms with E-state index in [1.54, 1.807) is 56.4 Å². The number of amides is 1. The molecule has 0 spiro atoms. The molecule has 0 saturated carbocycles. The molecule has 206 valence electrons. The van der Waals surface area contributed by atoms with Crippen molar-refractivity contribution in [1.82, 2.24) is 14.7 Å². The monoisotopic (exact) mass is 560 g/mol. The number of hydrogen-bond acceptors (Lipinski definition) is 7. The lowest BCUT2D eigenvalue weighted by atomic mass is 9.83. The van der Waals surface area contributed by atoms with Crippen molar-refractivity contribution in [3.8, 4) is 11.1 Å². The molecule has 2 heterocycles. The minimum Gasteiger partial charge on any atom is -0.369 e. The third-order valence-electron chi connectivity index (χ3n) is 6.70. The summed E-state index contributed by atoms with van der Waals surface area (Å²) < 4.78 is 41.5. The quantitative estimate of drug-likeness (QED) is 0.276. The van der Waals surface area contributed by atoms with E-state index < -0.39 is 21.3 Å². The predicted molar refractivity (Wildman–Crippen MR) is 154 cm³/mol. The molecule has 1 aliphatic rings. The number of carbonyl (C=O) groups excluding carboxylic acids is 1. The number of nitrogens with one attached hydrogen (secondary N) is 4. The Bertz CT molecular complexity index is 1660. The molecular formula is C29H29FN6O3S. The van der Waals surface area contributed by atoms with Gasteiger partial charge in [0.1, 0.15) is 11.6 Å². The Morgan fingerprint density at radius 1 is 1.00 bits per heavy atom. The molecule has 1 aliphatic heterocycles. The first-order valence-corrected chi connectivity index (χ1v) is 14.3.